The second kappa shape index (κ2) is 10.1. The van der Waals surface area contributed by atoms with Gasteiger partial charge in [-0.25, -0.2) is 0 Å². The van der Waals surface area contributed by atoms with E-state index in [1.807, 2.05) is 0 Å². The van der Waals surface area contributed by atoms with Gasteiger partial charge in [0.05, 0.1) is 26.7 Å². The number of quaternary nitrogens is 1. The van der Waals surface area contributed by atoms with Gasteiger partial charge >= 0.3 is 0 Å². The second-order valence-electron chi connectivity index (χ2n) is 5.35. The van der Waals surface area contributed by atoms with Gasteiger partial charge in [-0.1, -0.05) is 33.3 Å². The van der Waals surface area contributed by atoms with E-state index in [9.17, 15) is 4.79 Å². The van der Waals surface area contributed by atoms with E-state index in [4.69, 9.17) is 0 Å². The largest absolute Gasteiger partial charge is 0.352 e. The Balaban J connectivity index is 3.98. The molecular weight excluding hydrogens is 224 g/mol. The fourth-order valence-electron chi connectivity index (χ4n) is 2.16. The van der Waals surface area contributed by atoms with Crippen molar-refractivity contribution in [1.29, 1.82) is 0 Å². The van der Waals surface area contributed by atoms with Crippen molar-refractivity contribution < 1.29 is 9.28 Å². The summed E-state index contributed by atoms with van der Waals surface area (Å²) >= 11 is 0. The van der Waals surface area contributed by atoms with Crippen LogP contribution in [0.1, 0.15) is 46.0 Å². The standard InChI is InChI=1S/C15H30N2O/c1-5-8-12-17(4,13-9-6-2)14-10-11-16-15(18)7-3/h7H,3,5-6,8-14H2,1-2,4H3/p+1. The molecule has 0 aromatic heterocycles. The molecule has 0 spiro atoms. The van der Waals surface area contributed by atoms with Crippen molar-refractivity contribution in [1.82, 2.24) is 5.32 Å². The van der Waals surface area contributed by atoms with E-state index >= 15 is 0 Å². The van der Waals surface area contributed by atoms with Crippen LogP contribution in [0.4, 0.5) is 0 Å². The molecule has 0 unspecified atom stereocenters. The number of unbranched alkanes of at least 4 members (excludes halogenated alkanes) is 2. The molecule has 0 aliphatic carbocycles. The van der Waals surface area contributed by atoms with Crippen LogP contribution in [-0.2, 0) is 4.79 Å². The molecule has 0 fully saturated rings. The third-order valence-corrected chi connectivity index (χ3v) is 3.46. The molecule has 0 atom stereocenters. The van der Waals surface area contributed by atoms with E-state index in [-0.39, 0.29) is 5.91 Å². The van der Waals surface area contributed by atoms with Crippen molar-refractivity contribution in [3.05, 3.63) is 12.7 Å². The fraction of sp³-hybridized carbons (Fsp3) is 0.800. The van der Waals surface area contributed by atoms with Gasteiger partial charge in [0.1, 0.15) is 0 Å². The summed E-state index contributed by atoms with van der Waals surface area (Å²) in [5, 5.41) is 2.85. The first-order valence-electron chi connectivity index (χ1n) is 7.31. The van der Waals surface area contributed by atoms with Gasteiger partial charge in [-0.15, -0.1) is 0 Å². The summed E-state index contributed by atoms with van der Waals surface area (Å²) in [5.41, 5.74) is 0. The topological polar surface area (TPSA) is 29.1 Å². The average molecular weight is 255 g/mol. The zero-order valence-corrected chi connectivity index (χ0v) is 12.5. The first kappa shape index (κ1) is 17.2. The normalized spacial score (nSPS) is 11.3. The third kappa shape index (κ3) is 8.29. The molecule has 18 heavy (non-hydrogen) atoms. The molecule has 1 N–H and O–H groups in total. The number of rotatable bonds is 11. The lowest BCUT2D eigenvalue weighted by atomic mass is 10.2. The summed E-state index contributed by atoms with van der Waals surface area (Å²) in [5.74, 6) is -0.0636. The van der Waals surface area contributed by atoms with Crippen LogP contribution in [-0.4, -0.2) is 43.6 Å². The Morgan fingerprint density at radius 1 is 1.11 bits per heavy atom. The molecule has 106 valence electrons. The predicted molar refractivity (Wildman–Crippen MR) is 78.4 cm³/mol. The lowest BCUT2D eigenvalue weighted by Crippen LogP contribution is -2.47. The summed E-state index contributed by atoms with van der Waals surface area (Å²) in [6, 6.07) is 0. The van der Waals surface area contributed by atoms with Gasteiger partial charge < -0.3 is 9.80 Å². The number of amides is 1. The number of nitrogens with zero attached hydrogens (tertiary/aromatic N) is 1. The van der Waals surface area contributed by atoms with E-state index in [0.29, 0.717) is 0 Å². The Bertz CT molecular complexity index is 231. The molecule has 0 aromatic rings. The Labute approximate surface area is 113 Å². The summed E-state index contributed by atoms with van der Waals surface area (Å²) in [4.78, 5) is 11.0. The zero-order chi connectivity index (χ0) is 13.9. The molecule has 3 nitrogen and oxygen atoms in total. The van der Waals surface area contributed by atoms with Crippen LogP contribution < -0.4 is 5.32 Å². The van der Waals surface area contributed by atoms with E-state index in [1.54, 1.807) is 0 Å². The maximum Gasteiger partial charge on any atom is 0.243 e. The smallest absolute Gasteiger partial charge is 0.243 e. The Hall–Kier alpha value is -0.830. The second-order valence-corrected chi connectivity index (χ2v) is 5.35. The number of carbonyl (C=O) groups is 1. The highest BCUT2D eigenvalue weighted by atomic mass is 16.1. The Morgan fingerprint density at radius 3 is 2.06 bits per heavy atom. The van der Waals surface area contributed by atoms with Crippen LogP contribution in [0, 0.1) is 0 Å². The maximum absolute atomic E-state index is 11.0. The maximum atomic E-state index is 11.0. The van der Waals surface area contributed by atoms with Gasteiger partial charge in [-0.3, -0.25) is 4.79 Å². The third-order valence-electron chi connectivity index (χ3n) is 3.46. The molecule has 0 aliphatic rings. The molecule has 0 rings (SSSR count). The van der Waals surface area contributed by atoms with Crippen molar-refractivity contribution in [3.8, 4) is 0 Å². The molecule has 0 saturated carbocycles. The SMILES string of the molecule is C=CC(=O)NCCC[N+](C)(CCCC)CCCC. The number of hydrogen-bond donors (Lipinski definition) is 1. The molecule has 1 amide bonds. The van der Waals surface area contributed by atoms with Crippen molar-refractivity contribution in [3.63, 3.8) is 0 Å². The summed E-state index contributed by atoms with van der Waals surface area (Å²) in [7, 11) is 2.35. The first-order chi connectivity index (χ1) is 8.58. The lowest BCUT2D eigenvalue weighted by molar-refractivity contribution is -0.910. The molecule has 0 heterocycles. The van der Waals surface area contributed by atoms with Crippen LogP contribution in [0.15, 0.2) is 12.7 Å². The lowest BCUT2D eigenvalue weighted by Gasteiger charge is -2.35. The Morgan fingerprint density at radius 2 is 1.61 bits per heavy atom. The fourth-order valence-corrected chi connectivity index (χ4v) is 2.16. The monoisotopic (exact) mass is 255 g/mol. The van der Waals surface area contributed by atoms with Crippen molar-refractivity contribution in [2.75, 3.05) is 33.2 Å². The van der Waals surface area contributed by atoms with Crippen LogP contribution in [0.2, 0.25) is 0 Å². The molecule has 0 bridgehead atoms. The average Bonchev–Trinajstić information content (AvgIpc) is 2.39. The number of nitrogens with one attached hydrogen (secondary N) is 1. The van der Waals surface area contributed by atoms with Gasteiger partial charge in [0.15, 0.2) is 0 Å². The molecule has 0 radical (unpaired) electrons. The zero-order valence-electron chi connectivity index (χ0n) is 12.5. The highest BCUT2D eigenvalue weighted by Gasteiger charge is 2.19. The minimum atomic E-state index is -0.0636. The van der Waals surface area contributed by atoms with Crippen LogP contribution in [0.3, 0.4) is 0 Å². The number of carbonyl (C=O) groups excluding carboxylic acids is 1. The van der Waals surface area contributed by atoms with E-state index in [1.165, 1.54) is 44.8 Å². The summed E-state index contributed by atoms with van der Waals surface area (Å²) in [6.45, 7) is 12.4. The van der Waals surface area contributed by atoms with Gasteiger partial charge in [0.2, 0.25) is 5.91 Å². The highest BCUT2D eigenvalue weighted by molar-refractivity contribution is 5.86. The molecule has 3 heteroatoms. The summed E-state index contributed by atoms with van der Waals surface area (Å²) in [6.07, 6.45) is 7.48. The van der Waals surface area contributed by atoms with Gasteiger partial charge in [-0.2, -0.15) is 0 Å². The van der Waals surface area contributed by atoms with Crippen LogP contribution in [0.25, 0.3) is 0 Å². The van der Waals surface area contributed by atoms with Crippen LogP contribution >= 0.6 is 0 Å². The quantitative estimate of drug-likeness (QED) is 0.343. The van der Waals surface area contributed by atoms with Gasteiger partial charge in [0, 0.05) is 13.0 Å². The van der Waals surface area contributed by atoms with E-state index in [0.717, 1.165) is 24.0 Å². The van der Waals surface area contributed by atoms with Gasteiger partial charge in [0.25, 0.3) is 0 Å². The molecule has 0 saturated heterocycles. The summed E-state index contributed by atoms with van der Waals surface area (Å²) < 4.78 is 1.14. The number of hydrogen-bond acceptors (Lipinski definition) is 1. The highest BCUT2D eigenvalue weighted by Crippen LogP contribution is 2.09. The first-order valence-corrected chi connectivity index (χ1v) is 7.31. The van der Waals surface area contributed by atoms with E-state index < -0.39 is 0 Å². The molecule has 0 aliphatic heterocycles. The minimum absolute atomic E-state index is 0.0636. The minimum Gasteiger partial charge on any atom is -0.352 e. The van der Waals surface area contributed by atoms with Crippen LogP contribution in [0.5, 0.6) is 0 Å². The van der Waals surface area contributed by atoms with E-state index in [2.05, 4.69) is 32.8 Å². The molecular formula is C15H31N2O+. The van der Waals surface area contributed by atoms with Crippen molar-refractivity contribution >= 4 is 5.91 Å². The Kier molecular flexibility index (Phi) is 9.66. The molecule has 0 aromatic carbocycles. The van der Waals surface area contributed by atoms with Crippen molar-refractivity contribution in [2.45, 2.75) is 46.0 Å². The van der Waals surface area contributed by atoms with Crippen molar-refractivity contribution in [2.24, 2.45) is 0 Å². The van der Waals surface area contributed by atoms with Gasteiger partial charge in [-0.05, 0) is 18.9 Å². The predicted octanol–water partition coefficient (Wildman–Crippen LogP) is 2.73.